The third-order valence-electron chi connectivity index (χ3n) is 9.85. The van der Waals surface area contributed by atoms with Crippen molar-refractivity contribution in [1.29, 1.82) is 0 Å². The Morgan fingerprint density at radius 1 is 0.296 bits per heavy atom. The molecule has 7 aromatic carbocycles. The normalized spacial score (nSPS) is 11.3. The van der Waals surface area contributed by atoms with Crippen molar-refractivity contribution < 1.29 is 0 Å². The van der Waals surface area contributed by atoms with Crippen LogP contribution in [0.15, 0.2) is 182 Å². The molecule has 0 radical (unpaired) electrons. The van der Waals surface area contributed by atoms with E-state index in [-0.39, 0.29) is 0 Å². The van der Waals surface area contributed by atoms with E-state index in [1.807, 2.05) is 54.7 Å². The summed E-state index contributed by atoms with van der Waals surface area (Å²) in [5, 5.41) is 6.97. The molecular formula is C48H30N6. The van der Waals surface area contributed by atoms with Gasteiger partial charge in [0.05, 0.1) is 5.69 Å². The molecule has 0 spiro atoms. The van der Waals surface area contributed by atoms with E-state index in [1.54, 1.807) is 12.4 Å². The van der Waals surface area contributed by atoms with Gasteiger partial charge in [0.25, 0.3) is 0 Å². The van der Waals surface area contributed by atoms with Crippen molar-refractivity contribution in [2.45, 2.75) is 0 Å². The molecule has 10 aromatic rings. The predicted octanol–water partition coefficient (Wildman–Crippen LogP) is 11.5. The molecule has 0 bridgehead atoms. The molecule has 54 heavy (non-hydrogen) atoms. The van der Waals surface area contributed by atoms with Gasteiger partial charge in [0.1, 0.15) is 0 Å². The Morgan fingerprint density at radius 2 is 0.926 bits per heavy atom. The van der Waals surface area contributed by atoms with Crippen LogP contribution in [-0.4, -0.2) is 29.9 Å². The third kappa shape index (κ3) is 5.72. The lowest BCUT2D eigenvalue weighted by Crippen LogP contribution is -2.01. The molecule has 0 aliphatic heterocycles. The maximum Gasteiger partial charge on any atom is 0.164 e. The van der Waals surface area contributed by atoms with E-state index in [1.165, 1.54) is 21.5 Å². The lowest BCUT2D eigenvalue weighted by atomic mass is 9.91. The SMILES string of the molecule is c1ccc(-c2nc(-c3cc(-c4ccc(-c5ncccn5)cn4)cc(-c4cc5ccccc5c5ccccc45)c3)nc(-c3cccc4ccccc34)n2)cc1. The Labute approximate surface area is 311 Å². The Kier molecular flexibility index (Phi) is 7.69. The van der Waals surface area contributed by atoms with Gasteiger partial charge in [-0.1, -0.05) is 121 Å². The summed E-state index contributed by atoms with van der Waals surface area (Å²) in [5.41, 5.74) is 7.48. The van der Waals surface area contributed by atoms with E-state index in [4.69, 9.17) is 19.9 Å². The molecule has 0 atom stereocenters. The van der Waals surface area contributed by atoms with E-state index >= 15 is 0 Å². The second-order valence-electron chi connectivity index (χ2n) is 13.2. The van der Waals surface area contributed by atoms with Gasteiger partial charge in [-0.2, -0.15) is 0 Å². The number of hydrogen-bond donors (Lipinski definition) is 0. The van der Waals surface area contributed by atoms with Crippen LogP contribution in [0.1, 0.15) is 0 Å². The number of aromatic nitrogens is 6. The van der Waals surface area contributed by atoms with Crippen molar-refractivity contribution in [3.05, 3.63) is 182 Å². The zero-order chi connectivity index (χ0) is 35.8. The first-order valence-electron chi connectivity index (χ1n) is 17.8. The van der Waals surface area contributed by atoms with Crippen LogP contribution in [0.4, 0.5) is 0 Å². The van der Waals surface area contributed by atoms with E-state index in [9.17, 15) is 0 Å². The standard InChI is InChI=1S/C48H30N6/c1-2-13-32(14-3-1)46-52-47(54-48(53-46)42-21-10-16-31-12-4-6-17-38(31)42)37-27-35(43-29-33-15-5-7-18-39(33)40-19-8-9-20-41(40)43)26-36(28-37)44-23-22-34(30-51-44)45-49-24-11-25-50-45/h1-30H. The summed E-state index contributed by atoms with van der Waals surface area (Å²) in [4.78, 5) is 29.2. The highest BCUT2D eigenvalue weighted by atomic mass is 15.0. The molecular weight excluding hydrogens is 661 g/mol. The molecule has 6 heteroatoms. The fraction of sp³-hybridized carbons (Fsp3) is 0. The molecule has 0 N–H and O–H groups in total. The summed E-state index contributed by atoms with van der Waals surface area (Å²) in [6.45, 7) is 0. The van der Waals surface area contributed by atoms with Crippen LogP contribution in [0, 0.1) is 0 Å². The molecule has 3 heterocycles. The van der Waals surface area contributed by atoms with E-state index in [0.29, 0.717) is 23.3 Å². The first kappa shape index (κ1) is 31.3. The number of nitrogens with zero attached hydrogens (tertiary/aromatic N) is 6. The summed E-state index contributed by atoms with van der Waals surface area (Å²) in [5.74, 6) is 2.43. The number of fused-ring (bicyclic) bond motifs is 4. The molecule has 0 aliphatic rings. The third-order valence-corrected chi connectivity index (χ3v) is 9.85. The zero-order valence-electron chi connectivity index (χ0n) is 29.0. The van der Waals surface area contributed by atoms with E-state index in [0.717, 1.165) is 55.4 Å². The highest BCUT2D eigenvalue weighted by Gasteiger charge is 2.18. The number of hydrogen-bond acceptors (Lipinski definition) is 6. The van der Waals surface area contributed by atoms with Gasteiger partial charge in [-0.3, -0.25) is 4.98 Å². The van der Waals surface area contributed by atoms with Crippen LogP contribution in [0.5, 0.6) is 0 Å². The Hall–Kier alpha value is -7.44. The van der Waals surface area contributed by atoms with Gasteiger partial charge in [-0.05, 0) is 85.9 Å². The van der Waals surface area contributed by atoms with Crippen molar-refractivity contribution in [2.24, 2.45) is 0 Å². The second-order valence-corrected chi connectivity index (χ2v) is 13.2. The highest BCUT2D eigenvalue weighted by Crippen LogP contribution is 2.39. The van der Waals surface area contributed by atoms with Crippen LogP contribution >= 0.6 is 0 Å². The van der Waals surface area contributed by atoms with Crippen molar-refractivity contribution in [3.63, 3.8) is 0 Å². The van der Waals surface area contributed by atoms with Crippen molar-refractivity contribution in [1.82, 2.24) is 29.9 Å². The Balaban J connectivity index is 1.22. The molecule has 0 amide bonds. The fourth-order valence-corrected chi connectivity index (χ4v) is 7.26. The minimum atomic E-state index is 0.578. The summed E-state index contributed by atoms with van der Waals surface area (Å²) in [6, 6.07) is 56.5. The Morgan fingerprint density at radius 3 is 1.72 bits per heavy atom. The van der Waals surface area contributed by atoms with Crippen LogP contribution < -0.4 is 0 Å². The quantitative estimate of drug-likeness (QED) is 0.162. The molecule has 0 unspecified atom stereocenters. The van der Waals surface area contributed by atoms with Gasteiger partial charge in [-0.15, -0.1) is 0 Å². The summed E-state index contributed by atoms with van der Waals surface area (Å²) >= 11 is 0. The van der Waals surface area contributed by atoms with Crippen molar-refractivity contribution in [2.75, 3.05) is 0 Å². The van der Waals surface area contributed by atoms with E-state index < -0.39 is 0 Å². The van der Waals surface area contributed by atoms with Crippen LogP contribution in [-0.2, 0) is 0 Å². The van der Waals surface area contributed by atoms with Gasteiger partial charge >= 0.3 is 0 Å². The van der Waals surface area contributed by atoms with E-state index in [2.05, 4.69) is 125 Å². The van der Waals surface area contributed by atoms with Gasteiger partial charge in [-0.25, -0.2) is 24.9 Å². The number of benzene rings is 7. The lowest BCUT2D eigenvalue weighted by Gasteiger charge is -2.15. The molecule has 10 rings (SSSR count). The molecule has 3 aromatic heterocycles. The molecule has 0 fully saturated rings. The second kappa shape index (κ2) is 13.3. The Bertz CT molecular complexity index is 2980. The monoisotopic (exact) mass is 690 g/mol. The van der Waals surface area contributed by atoms with Gasteiger partial charge in [0.2, 0.25) is 0 Å². The molecule has 252 valence electrons. The minimum absolute atomic E-state index is 0.578. The first-order valence-corrected chi connectivity index (χ1v) is 17.8. The van der Waals surface area contributed by atoms with Crippen molar-refractivity contribution in [3.8, 4) is 67.9 Å². The topological polar surface area (TPSA) is 77.3 Å². The maximum absolute atomic E-state index is 5.23. The molecule has 6 nitrogen and oxygen atoms in total. The van der Waals surface area contributed by atoms with Gasteiger partial charge in [0, 0.05) is 46.4 Å². The van der Waals surface area contributed by atoms with Gasteiger partial charge < -0.3 is 0 Å². The smallest absolute Gasteiger partial charge is 0.164 e. The lowest BCUT2D eigenvalue weighted by molar-refractivity contribution is 1.08. The number of rotatable bonds is 6. The van der Waals surface area contributed by atoms with Crippen LogP contribution in [0.3, 0.4) is 0 Å². The highest BCUT2D eigenvalue weighted by molar-refractivity contribution is 6.14. The maximum atomic E-state index is 5.23. The summed E-state index contributed by atoms with van der Waals surface area (Å²) in [7, 11) is 0. The molecule has 0 saturated heterocycles. The number of pyridine rings is 1. The van der Waals surface area contributed by atoms with Crippen LogP contribution in [0.2, 0.25) is 0 Å². The molecule has 0 saturated carbocycles. The minimum Gasteiger partial charge on any atom is -0.255 e. The average Bonchev–Trinajstić information content (AvgIpc) is 3.26. The van der Waals surface area contributed by atoms with Crippen LogP contribution in [0.25, 0.3) is 100 Å². The average molecular weight is 691 g/mol. The zero-order valence-corrected chi connectivity index (χ0v) is 29.0. The largest absolute Gasteiger partial charge is 0.255 e. The first-order chi connectivity index (χ1) is 26.7. The van der Waals surface area contributed by atoms with Crippen molar-refractivity contribution >= 4 is 32.3 Å². The summed E-state index contributed by atoms with van der Waals surface area (Å²) < 4.78 is 0. The molecule has 0 aliphatic carbocycles. The summed E-state index contributed by atoms with van der Waals surface area (Å²) in [6.07, 6.45) is 5.31. The van der Waals surface area contributed by atoms with Gasteiger partial charge in [0.15, 0.2) is 23.3 Å². The predicted molar refractivity (Wildman–Crippen MR) is 218 cm³/mol. The fourth-order valence-electron chi connectivity index (χ4n) is 7.26.